The van der Waals surface area contributed by atoms with Crippen LogP contribution in [0.5, 0.6) is 0 Å². The second kappa shape index (κ2) is 6.43. The van der Waals surface area contributed by atoms with Crippen molar-refractivity contribution < 1.29 is 9.18 Å². The van der Waals surface area contributed by atoms with Crippen LogP contribution in [-0.2, 0) is 11.3 Å². The summed E-state index contributed by atoms with van der Waals surface area (Å²) in [5, 5.41) is 0.817. The van der Waals surface area contributed by atoms with Gasteiger partial charge in [-0.3, -0.25) is 9.79 Å². The lowest BCUT2D eigenvalue weighted by molar-refractivity contribution is -0.115. The molecule has 0 bridgehead atoms. The third kappa shape index (κ3) is 4.57. The standard InChI is InChI=1S/C12H14FNOS/c1-9(15)7-12(16-2)14-8-10-3-5-11(13)6-4-10/h3-6H,7-8H2,1-2H3. The van der Waals surface area contributed by atoms with Crippen LogP contribution in [0.4, 0.5) is 4.39 Å². The van der Waals surface area contributed by atoms with Crippen molar-refractivity contribution in [2.24, 2.45) is 4.99 Å². The van der Waals surface area contributed by atoms with Crippen LogP contribution in [0.1, 0.15) is 18.9 Å². The summed E-state index contributed by atoms with van der Waals surface area (Å²) in [6, 6.07) is 6.22. The quantitative estimate of drug-likeness (QED) is 0.597. The Morgan fingerprint density at radius 1 is 1.38 bits per heavy atom. The predicted octanol–water partition coefficient (Wildman–Crippen LogP) is 3.07. The highest BCUT2D eigenvalue weighted by atomic mass is 32.2. The number of aliphatic imine (C=N–C) groups is 1. The van der Waals surface area contributed by atoms with Crippen molar-refractivity contribution in [3.05, 3.63) is 35.6 Å². The van der Waals surface area contributed by atoms with Gasteiger partial charge in [-0.05, 0) is 30.9 Å². The monoisotopic (exact) mass is 239 g/mol. The van der Waals surface area contributed by atoms with E-state index in [-0.39, 0.29) is 11.6 Å². The number of ketones is 1. The number of hydrogen-bond acceptors (Lipinski definition) is 3. The van der Waals surface area contributed by atoms with Gasteiger partial charge in [-0.1, -0.05) is 12.1 Å². The van der Waals surface area contributed by atoms with E-state index in [0.717, 1.165) is 10.6 Å². The lowest BCUT2D eigenvalue weighted by Crippen LogP contribution is -2.00. The highest BCUT2D eigenvalue weighted by Crippen LogP contribution is 2.08. The molecule has 16 heavy (non-hydrogen) atoms. The number of benzene rings is 1. The zero-order chi connectivity index (χ0) is 12.0. The van der Waals surface area contributed by atoms with Gasteiger partial charge in [-0.25, -0.2) is 4.39 Å². The molecule has 0 aromatic heterocycles. The lowest BCUT2D eigenvalue weighted by Gasteiger charge is -2.01. The van der Waals surface area contributed by atoms with Crippen molar-refractivity contribution in [3.8, 4) is 0 Å². The molecule has 86 valence electrons. The molecule has 4 heteroatoms. The summed E-state index contributed by atoms with van der Waals surface area (Å²) in [7, 11) is 0. The first-order valence-corrected chi connectivity index (χ1v) is 6.15. The Morgan fingerprint density at radius 2 is 2.00 bits per heavy atom. The molecule has 0 saturated carbocycles. The Labute approximate surface area is 99.0 Å². The molecule has 0 aliphatic carbocycles. The maximum Gasteiger partial charge on any atom is 0.136 e. The largest absolute Gasteiger partial charge is 0.300 e. The summed E-state index contributed by atoms with van der Waals surface area (Å²) in [6.07, 6.45) is 2.27. The number of halogens is 1. The second-order valence-corrected chi connectivity index (χ2v) is 4.30. The molecular formula is C12H14FNOS. The molecular weight excluding hydrogens is 225 g/mol. The smallest absolute Gasteiger partial charge is 0.136 e. The van der Waals surface area contributed by atoms with Crippen molar-refractivity contribution >= 4 is 22.6 Å². The minimum absolute atomic E-state index is 0.104. The van der Waals surface area contributed by atoms with Crippen molar-refractivity contribution in [2.75, 3.05) is 6.26 Å². The number of carbonyl (C=O) groups is 1. The molecule has 0 radical (unpaired) electrons. The molecule has 0 unspecified atom stereocenters. The fourth-order valence-electron chi connectivity index (χ4n) is 1.17. The predicted molar refractivity (Wildman–Crippen MR) is 66.4 cm³/mol. The van der Waals surface area contributed by atoms with Gasteiger partial charge in [0.15, 0.2) is 0 Å². The normalized spacial score (nSPS) is 11.6. The summed E-state index contributed by atoms with van der Waals surface area (Å²) < 4.78 is 12.6. The first kappa shape index (κ1) is 12.9. The topological polar surface area (TPSA) is 29.4 Å². The van der Waals surface area contributed by atoms with Crippen LogP contribution in [-0.4, -0.2) is 17.1 Å². The number of nitrogens with zero attached hydrogens (tertiary/aromatic N) is 1. The van der Waals surface area contributed by atoms with E-state index in [2.05, 4.69) is 4.99 Å². The van der Waals surface area contributed by atoms with Crippen LogP contribution in [0, 0.1) is 5.82 Å². The zero-order valence-corrected chi connectivity index (χ0v) is 10.2. The highest BCUT2D eigenvalue weighted by Gasteiger charge is 2.01. The molecule has 0 spiro atoms. The van der Waals surface area contributed by atoms with E-state index in [4.69, 9.17) is 0 Å². The molecule has 0 saturated heterocycles. The van der Waals surface area contributed by atoms with Crippen molar-refractivity contribution in [2.45, 2.75) is 19.9 Å². The van der Waals surface area contributed by atoms with E-state index < -0.39 is 0 Å². The van der Waals surface area contributed by atoms with Gasteiger partial charge in [0.1, 0.15) is 11.6 Å². The second-order valence-electron chi connectivity index (χ2n) is 3.42. The van der Waals surface area contributed by atoms with Crippen molar-refractivity contribution in [1.82, 2.24) is 0 Å². The van der Waals surface area contributed by atoms with Gasteiger partial charge < -0.3 is 0 Å². The minimum atomic E-state index is -0.249. The number of thioether (sulfide) groups is 1. The third-order valence-electron chi connectivity index (χ3n) is 1.99. The molecule has 1 aromatic carbocycles. The van der Waals surface area contributed by atoms with E-state index in [1.807, 2.05) is 6.26 Å². The number of Topliss-reactive ketones (excluding diaryl/α,β-unsaturated/α-hetero) is 1. The molecule has 0 N–H and O–H groups in total. The summed E-state index contributed by atoms with van der Waals surface area (Å²) in [4.78, 5) is 15.2. The summed E-state index contributed by atoms with van der Waals surface area (Å²) in [5.74, 6) is -0.145. The van der Waals surface area contributed by atoms with Crippen LogP contribution in [0.3, 0.4) is 0 Å². The molecule has 1 rings (SSSR count). The first-order valence-electron chi connectivity index (χ1n) is 4.93. The molecule has 0 aliphatic heterocycles. The van der Waals surface area contributed by atoms with Crippen LogP contribution in [0.15, 0.2) is 29.3 Å². The number of rotatable bonds is 4. The van der Waals surface area contributed by atoms with E-state index in [1.165, 1.54) is 23.9 Å². The Kier molecular flexibility index (Phi) is 5.19. The molecule has 0 fully saturated rings. The molecule has 0 atom stereocenters. The average Bonchev–Trinajstić information content (AvgIpc) is 2.26. The van der Waals surface area contributed by atoms with Gasteiger partial charge in [-0.2, -0.15) is 0 Å². The average molecular weight is 239 g/mol. The molecule has 0 heterocycles. The Morgan fingerprint density at radius 3 is 2.50 bits per heavy atom. The van der Waals surface area contributed by atoms with Crippen molar-refractivity contribution in [3.63, 3.8) is 0 Å². The Balaban J connectivity index is 2.62. The van der Waals surface area contributed by atoms with E-state index in [9.17, 15) is 9.18 Å². The summed E-state index contributed by atoms with van der Waals surface area (Å²) in [6.45, 7) is 2.04. The van der Waals surface area contributed by atoms with Crippen molar-refractivity contribution in [1.29, 1.82) is 0 Å². The van der Waals surface area contributed by atoms with E-state index in [1.54, 1.807) is 19.1 Å². The van der Waals surface area contributed by atoms with E-state index >= 15 is 0 Å². The number of carbonyl (C=O) groups excluding carboxylic acids is 1. The lowest BCUT2D eigenvalue weighted by atomic mass is 10.2. The molecule has 2 nitrogen and oxygen atoms in total. The minimum Gasteiger partial charge on any atom is -0.300 e. The van der Waals surface area contributed by atoms with Gasteiger partial charge in [0.2, 0.25) is 0 Å². The first-order chi connectivity index (χ1) is 7.61. The highest BCUT2D eigenvalue weighted by molar-refractivity contribution is 8.13. The Hall–Kier alpha value is -1.16. The fraction of sp³-hybridized carbons (Fsp3) is 0.333. The SMILES string of the molecule is CSC(CC(C)=O)=NCc1ccc(F)cc1. The van der Waals surface area contributed by atoms with Gasteiger partial charge in [0, 0.05) is 0 Å². The zero-order valence-electron chi connectivity index (χ0n) is 9.37. The summed E-state index contributed by atoms with van der Waals surface area (Å²) >= 11 is 1.48. The fourth-order valence-corrected chi connectivity index (χ4v) is 1.72. The molecule has 1 aromatic rings. The van der Waals surface area contributed by atoms with Crippen LogP contribution < -0.4 is 0 Å². The molecule has 0 amide bonds. The molecule has 0 aliphatic rings. The van der Waals surface area contributed by atoms with Gasteiger partial charge >= 0.3 is 0 Å². The van der Waals surface area contributed by atoms with Crippen LogP contribution >= 0.6 is 11.8 Å². The maximum absolute atomic E-state index is 12.6. The Bertz CT molecular complexity index is 387. The van der Waals surface area contributed by atoms with Gasteiger partial charge in [-0.15, -0.1) is 11.8 Å². The van der Waals surface area contributed by atoms with E-state index in [0.29, 0.717) is 13.0 Å². The van der Waals surface area contributed by atoms with Gasteiger partial charge in [0.25, 0.3) is 0 Å². The summed E-state index contributed by atoms with van der Waals surface area (Å²) in [5.41, 5.74) is 0.941. The third-order valence-corrected chi connectivity index (χ3v) is 2.73. The van der Waals surface area contributed by atoms with Crippen LogP contribution in [0.25, 0.3) is 0 Å². The maximum atomic E-state index is 12.6. The number of hydrogen-bond donors (Lipinski definition) is 0. The van der Waals surface area contributed by atoms with Crippen LogP contribution in [0.2, 0.25) is 0 Å². The van der Waals surface area contributed by atoms with Gasteiger partial charge in [0.05, 0.1) is 18.0 Å².